The Morgan fingerprint density at radius 2 is 1.72 bits per heavy atom. The summed E-state index contributed by atoms with van der Waals surface area (Å²) >= 11 is 0. The SMILES string of the molecule is Cc1ccccc1OCCCN(C)C(=O)C(C)(N)c1ccccc1.Cl. The minimum Gasteiger partial charge on any atom is -0.493 e. The van der Waals surface area contributed by atoms with Gasteiger partial charge < -0.3 is 15.4 Å². The third kappa shape index (κ3) is 5.48. The summed E-state index contributed by atoms with van der Waals surface area (Å²) in [6.45, 7) is 4.94. The van der Waals surface area contributed by atoms with Crippen molar-refractivity contribution in [2.75, 3.05) is 20.2 Å². The molecule has 0 fully saturated rings. The summed E-state index contributed by atoms with van der Waals surface area (Å²) in [7, 11) is 1.78. The number of para-hydroxylation sites is 1. The van der Waals surface area contributed by atoms with E-state index < -0.39 is 5.54 Å². The van der Waals surface area contributed by atoms with E-state index in [4.69, 9.17) is 10.5 Å². The molecule has 1 atom stereocenters. The second kappa shape index (κ2) is 9.44. The van der Waals surface area contributed by atoms with Crippen LogP contribution in [-0.4, -0.2) is 31.0 Å². The van der Waals surface area contributed by atoms with Gasteiger partial charge in [0, 0.05) is 13.6 Å². The number of halogens is 1. The number of nitrogens with two attached hydrogens (primary N) is 1. The molecule has 0 saturated heterocycles. The van der Waals surface area contributed by atoms with Gasteiger partial charge in [0.15, 0.2) is 0 Å². The highest BCUT2D eigenvalue weighted by molar-refractivity contribution is 5.86. The molecule has 2 rings (SSSR count). The molecule has 0 aliphatic heterocycles. The molecule has 2 aromatic carbocycles. The summed E-state index contributed by atoms with van der Waals surface area (Å²) < 4.78 is 5.77. The van der Waals surface area contributed by atoms with Gasteiger partial charge in [0.05, 0.1) is 6.61 Å². The summed E-state index contributed by atoms with van der Waals surface area (Å²) in [4.78, 5) is 14.3. The van der Waals surface area contributed by atoms with Crippen molar-refractivity contribution in [3.8, 4) is 5.75 Å². The predicted octanol–water partition coefficient (Wildman–Crippen LogP) is 3.52. The summed E-state index contributed by atoms with van der Waals surface area (Å²) in [6.07, 6.45) is 0.751. The quantitative estimate of drug-likeness (QED) is 0.767. The van der Waals surface area contributed by atoms with E-state index in [1.165, 1.54) is 0 Å². The number of rotatable bonds is 7. The maximum atomic E-state index is 12.6. The average Bonchev–Trinajstić information content (AvgIpc) is 2.60. The van der Waals surface area contributed by atoms with Gasteiger partial charge in [0.2, 0.25) is 5.91 Å². The molecule has 136 valence electrons. The summed E-state index contributed by atoms with van der Waals surface area (Å²) in [5, 5.41) is 0. The van der Waals surface area contributed by atoms with Gasteiger partial charge in [-0.15, -0.1) is 12.4 Å². The largest absolute Gasteiger partial charge is 0.493 e. The fourth-order valence-corrected chi connectivity index (χ4v) is 2.61. The normalized spacial score (nSPS) is 12.6. The second-order valence-electron chi connectivity index (χ2n) is 6.26. The number of hydrogen-bond donors (Lipinski definition) is 1. The van der Waals surface area contributed by atoms with E-state index in [9.17, 15) is 4.79 Å². The van der Waals surface area contributed by atoms with Gasteiger partial charge in [0.25, 0.3) is 0 Å². The van der Waals surface area contributed by atoms with E-state index in [0.29, 0.717) is 13.2 Å². The molecule has 0 aliphatic rings. The monoisotopic (exact) mass is 362 g/mol. The Morgan fingerprint density at radius 3 is 2.36 bits per heavy atom. The first-order valence-electron chi connectivity index (χ1n) is 8.21. The lowest BCUT2D eigenvalue weighted by molar-refractivity contribution is -0.135. The molecule has 2 aromatic rings. The van der Waals surface area contributed by atoms with Crippen molar-refractivity contribution in [2.45, 2.75) is 25.8 Å². The molecule has 25 heavy (non-hydrogen) atoms. The Bertz CT molecular complexity index is 674. The Morgan fingerprint density at radius 1 is 1.12 bits per heavy atom. The average molecular weight is 363 g/mol. The number of carbonyl (C=O) groups excluding carboxylic acids is 1. The molecule has 0 spiro atoms. The summed E-state index contributed by atoms with van der Waals surface area (Å²) in [5.74, 6) is 0.795. The zero-order chi connectivity index (χ0) is 17.6. The zero-order valence-electron chi connectivity index (χ0n) is 15.1. The molecule has 1 unspecified atom stereocenters. The second-order valence-corrected chi connectivity index (χ2v) is 6.26. The Hall–Kier alpha value is -2.04. The van der Waals surface area contributed by atoms with E-state index >= 15 is 0 Å². The molecular weight excluding hydrogens is 336 g/mol. The lowest BCUT2D eigenvalue weighted by Gasteiger charge is -2.29. The van der Waals surface area contributed by atoms with Crippen LogP contribution in [0.15, 0.2) is 54.6 Å². The van der Waals surface area contributed by atoms with Gasteiger partial charge in [0.1, 0.15) is 11.3 Å². The van der Waals surface area contributed by atoms with Crippen LogP contribution in [-0.2, 0) is 10.3 Å². The maximum Gasteiger partial charge on any atom is 0.246 e. The molecule has 1 amide bonds. The van der Waals surface area contributed by atoms with Gasteiger partial charge in [-0.05, 0) is 37.5 Å². The number of ether oxygens (including phenoxy) is 1. The molecule has 0 saturated carbocycles. The van der Waals surface area contributed by atoms with Crippen molar-refractivity contribution in [3.05, 3.63) is 65.7 Å². The highest BCUT2D eigenvalue weighted by atomic mass is 35.5. The molecule has 0 aromatic heterocycles. The molecule has 5 heteroatoms. The van der Waals surface area contributed by atoms with Gasteiger partial charge in [-0.3, -0.25) is 4.79 Å². The Labute approximate surface area is 156 Å². The van der Waals surface area contributed by atoms with E-state index in [1.807, 2.05) is 61.5 Å². The topological polar surface area (TPSA) is 55.6 Å². The number of hydrogen-bond acceptors (Lipinski definition) is 3. The van der Waals surface area contributed by atoms with Crippen LogP contribution < -0.4 is 10.5 Å². The molecule has 4 nitrogen and oxygen atoms in total. The highest BCUT2D eigenvalue weighted by Crippen LogP contribution is 2.20. The number of benzene rings is 2. The van der Waals surface area contributed by atoms with Crippen molar-refractivity contribution in [1.29, 1.82) is 0 Å². The Balaban J connectivity index is 0.00000312. The fraction of sp³-hybridized carbons (Fsp3) is 0.350. The van der Waals surface area contributed by atoms with Crippen molar-refractivity contribution in [1.82, 2.24) is 4.90 Å². The lowest BCUT2D eigenvalue weighted by Crippen LogP contribution is -2.50. The van der Waals surface area contributed by atoms with Crippen LogP contribution >= 0.6 is 12.4 Å². The van der Waals surface area contributed by atoms with Crippen molar-refractivity contribution < 1.29 is 9.53 Å². The van der Waals surface area contributed by atoms with Crippen LogP contribution in [0.2, 0.25) is 0 Å². The first-order chi connectivity index (χ1) is 11.4. The van der Waals surface area contributed by atoms with Crippen LogP contribution in [0.3, 0.4) is 0 Å². The number of amides is 1. The number of likely N-dealkylation sites (N-methyl/N-ethyl adjacent to an activating group) is 1. The van der Waals surface area contributed by atoms with Crippen LogP contribution in [0.25, 0.3) is 0 Å². The number of nitrogens with zero attached hydrogens (tertiary/aromatic N) is 1. The minimum absolute atomic E-state index is 0. The molecule has 2 N–H and O–H groups in total. The van der Waals surface area contributed by atoms with Crippen LogP contribution in [0.4, 0.5) is 0 Å². The minimum atomic E-state index is -1.02. The summed E-state index contributed by atoms with van der Waals surface area (Å²) in [6, 6.07) is 17.4. The molecule has 0 aliphatic carbocycles. The lowest BCUT2D eigenvalue weighted by atomic mass is 9.92. The van der Waals surface area contributed by atoms with Crippen LogP contribution in [0, 0.1) is 6.92 Å². The molecule has 0 heterocycles. The first-order valence-corrected chi connectivity index (χ1v) is 8.21. The van der Waals surface area contributed by atoms with Gasteiger partial charge in [-0.1, -0.05) is 48.5 Å². The van der Waals surface area contributed by atoms with E-state index in [-0.39, 0.29) is 18.3 Å². The maximum absolute atomic E-state index is 12.6. The third-order valence-corrected chi connectivity index (χ3v) is 4.15. The van der Waals surface area contributed by atoms with Crippen molar-refractivity contribution in [2.24, 2.45) is 5.73 Å². The molecular formula is C20H27ClN2O2. The van der Waals surface area contributed by atoms with Crippen LogP contribution in [0.1, 0.15) is 24.5 Å². The van der Waals surface area contributed by atoms with Crippen molar-refractivity contribution in [3.63, 3.8) is 0 Å². The molecule has 0 bridgehead atoms. The van der Waals surface area contributed by atoms with E-state index in [1.54, 1.807) is 18.9 Å². The highest BCUT2D eigenvalue weighted by Gasteiger charge is 2.32. The van der Waals surface area contributed by atoms with Gasteiger partial charge in [-0.25, -0.2) is 0 Å². The van der Waals surface area contributed by atoms with E-state index in [2.05, 4.69) is 0 Å². The summed E-state index contributed by atoms with van der Waals surface area (Å²) in [5.41, 5.74) is 7.18. The standard InChI is InChI=1S/C20H26N2O2.ClH/c1-16-10-7-8-13-18(16)24-15-9-14-22(3)19(23)20(2,21)17-11-5-4-6-12-17;/h4-8,10-13H,9,14-15,21H2,1-3H3;1H. The van der Waals surface area contributed by atoms with Crippen LogP contribution in [0.5, 0.6) is 5.75 Å². The van der Waals surface area contributed by atoms with Gasteiger partial charge in [-0.2, -0.15) is 0 Å². The predicted molar refractivity (Wildman–Crippen MR) is 104 cm³/mol. The Kier molecular flexibility index (Phi) is 7.94. The smallest absolute Gasteiger partial charge is 0.246 e. The zero-order valence-corrected chi connectivity index (χ0v) is 15.9. The third-order valence-electron chi connectivity index (χ3n) is 4.15. The molecule has 0 radical (unpaired) electrons. The van der Waals surface area contributed by atoms with Gasteiger partial charge >= 0.3 is 0 Å². The van der Waals surface area contributed by atoms with Crippen molar-refractivity contribution >= 4 is 18.3 Å². The first kappa shape index (κ1) is 21.0. The fourth-order valence-electron chi connectivity index (χ4n) is 2.61. The number of carbonyl (C=O) groups is 1. The van der Waals surface area contributed by atoms with E-state index in [0.717, 1.165) is 23.3 Å². The number of aryl methyl sites for hydroxylation is 1.